The number of carboxylic acids is 1. The zero-order valence-electron chi connectivity index (χ0n) is 18.3. The highest BCUT2D eigenvalue weighted by Crippen LogP contribution is 2.06. The van der Waals surface area contributed by atoms with Crippen LogP contribution in [0.25, 0.3) is 0 Å². The Morgan fingerprint density at radius 1 is 1.00 bits per heavy atom. The number of amides is 3. The van der Waals surface area contributed by atoms with Gasteiger partial charge in [0, 0.05) is 5.75 Å². The summed E-state index contributed by atoms with van der Waals surface area (Å²) in [5.74, 6) is -2.85. The Hall–Kier alpha value is -2.79. The van der Waals surface area contributed by atoms with Crippen molar-refractivity contribution in [1.82, 2.24) is 16.0 Å². The van der Waals surface area contributed by atoms with Gasteiger partial charge in [-0.05, 0) is 18.4 Å². The van der Waals surface area contributed by atoms with Gasteiger partial charge < -0.3 is 30.9 Å². The molecule has 3 amide bonds. The molecule has 0 aromatic heterocycles. The van der Waals surface area contributed by atoms with Gasteiger partial charge in [0.15, 0.2) is 0 Å². The zero-order valence-corrected chi connectivity index (χ0v) is 19.2. The number of thiol groups is 1. The predicted octanol–water partition coefficient (Wildman–Crippen LogP) is 0.692. The predicted molar refractivity (Wildman–Crippen MR) is 120 cm³/mol. The van der Waals surface area contributed by atoms with Crippen LogP contribution in [0.4, 0.5) is 4.79 Å². The average Bonchev–Trinajstić information content (AvgIpc) is 2.74. The lowest BCUT2D eigenvalue weighted by atomic mass is 10.0. The van der Waals surface area contributed by atoms with E-state index < -0.39 is 54.5 Å². The molecule has 0 radical (unpaired) electrons. The first-order valence-electron chi connectivity index (χ1n) is 10.1. The second-order valence-electron chi connectivity index (χ2n) is 7.62. The van der Waals surface area contributed by atoms with Crippen LogP contribution in [0.2, 0.25) is 0 Å². The molecule has 5 N–H and O–H groups in total. The number of aliphatic hydroxyl groups excluding tert-OH is 1. The van der Waals surface area contributed by atoms with Gasteiger partial charge in [-0.2, -0.15) is 12.6 Å². The number of alkyl carbamates (subject to hydrolysis) is 1. The normalized spacial score (nSPS) is 14.6. The van der Waals surface area contributed by atoms with Crippen LogP contribution in [0.3, 0.4) is 0 Å². The Morgan fingerprint density at radius 3 is 2.16 bits per heavy atom. The van der Waals surface area contributed by atoms with Gasteiger partial charge in [0.2, 0.25) is 11.8 Å². The molecule has 0 saturated carbocycles. The lowest BCUT2D eigenvalue weighted by Crippen LogP contribution is -2.56. The third kappa shape index (κ3) is 9.56. The molecule has 0 aliphatic rings. The third-order valence-electron chi connectivity index (χ3n) is 4.56. The molecule has 0 aliphatic heterocycles. The molecule has 178 valence electrons. The van der Waals surface area contributed by atoms with Gasteiger partial charge in [-0.25, -0.2) is 4.79 Å². The summed E-state index contributed by atoms with van der Waals surface area (Å²) in [7, 11) is 0. The summed E-state index contributed by atoms with van der Waals surface area (Å²) in [6, 6.07) is 5.96. The van der Waals surface area contributed by atoms with E-state index >= 15 is 0 Å². The van der Waals surface area contributed by atoms with E-state index in [1.165, 1.54) is 6.92 Å². The van der Waals surface area contributed by atoms with Crippen molar-refractivity contribution >= 4 is 36.5 Å². The van der Waals surface area contributed by atoms with Gasteiger partial charge in [0.25, 0.3) is 0 Å². The highest BCUT2D eigenvalue weighted by Gasteiger charge is 2.29. The smallest absolute Gasteiger partial charge is 0.408 e. The number of ether oxygens (including phenoxy) is 1. The van der Waals surface area contributed by atoms with Gasteiger partial charge in [-0.3, -0.25) is 14.4 Å². The molecule has 1 aromatic carbocycles. The van der Waals surface area contributed by atoms with Crippen LogP contribution in [-0.2, 0) is 25.7 Å². The van der Waals surface area contributed by atoms with Crippen molar-refractivity contribution in [3.05, 3.63) is 35.9 Å². The quantitative estimate of drug-likeness (QED) is 0.246. The molecule has 4 atom stereocenters. The van der Waals surface area contributed by atoms with Crippen LogP contribution in [0, 0.1) is 5.92 Å². The van der Waals surface area contributed by atoms with Crippen molar-refractivity contribution in [2.75, 3.05) is 5.75 Å². The van der Waals surface area contributed by atoms with Gasteiger partial charge in [-0.1, -0.05) is 44.2 Å². The molecule has 0 bridgehead atoms. The number of carbonyl (C=O) groups is 4. The van der Waals surface area contributed by atoms with E-state index in [0.29, 0.717) is 0 Å². The number of benzene rings is 1. The maximum atomic E-state index is 12.6. The molecule has 1 rings (SSSR count). The van der Waals surface area contributed by atoms with E-state index in [9.17, 15) is 24.3 Å². The SMILES string of the molecule is CC(C)[C@H](NC(=O)OCc1ccccc1)C(=O)N[C@@H](C)C(=O)N[C@@H](CC(=O)O)[C@H](O)CS. The minimum atomic E-state index is -1.20. The lowest BCUT2D eigenvalue weighted by molar-refractivity contribution is -0.139. The molecule has 0 aliphatic carbocycles. The number of aliphatic hydroxyl groups is 1. The largest absolute Gasteiger partial charge is 0.481 e. The lowest BCUT2D eigenvalue weighted by Gasteiger charge is -2.26. The number of rotatable bonds is 12. The van der Waals surface area contributed by atoms with Gasteiger partial charge in [-0.15, -0.1) is 0 Å². The second kappa shape index (κ2) is 13.6. The number of carboxylic acid groups (broad SMARTS) is 1. The molecule has 11 heteroatoms. The summed E-state index contributed by atoms with van der Waals surface area (Å²) in [6.07, 6.45) is -2.46. The first-order valence-corrected chi connectivity index (χ1v) is 10.8. The van der Waals surface area contributed by atoms with E-state index in [0.717, 1.165) is 5.56 Å². The maximum Gasteiger partial charge on any atom is 0.408 e. The fourth-order valence-electron chi connectivity index (χ4n) is 2.70. The van der Waals surface area contributed by atoms with Crippen LogP contribution >= 0.6 is 12.6 Å². The van der Waals surface area contributed by atoms with E-state index in [4.69, 9.17) is 9.84 Å². The minimum absolute atomic E-state index is 0.0380. The Morgan fingerprint density at radius 2 is 1.62 bits per heavy atom. The number of hydrogen-bond donors (Lipinski definition) is 6. The highest BCUT2D eigenvalue weighted by molar-refractivity contribution is 7.80. The molecule has 0 spiro atoms. The average molecular weight is 470 g/mol. The topological polar surface area (TPSA) is 154 Å². The van der Waals surface area contributed by atoms with Crippen molar-refractivity contribution in [2.45, 2.75) is 58.0 Å². The van der Waals surface area contributed by atoms with Crippen molar-refractivity contribution in [2.24, 2.45) is 5.92 Å². The fourth-order valence-corrected chi connectivity index (χ4v) is 2.96. The van der Waals surface area contributed by atoms with Crippen molar-refractivity contribution in [3.8, 4) is 0 Å². The summed E-state index contributed by atoms with van der Waals surface area (Å²) in [5, 5.41) is 26.2. The maximum absolute atomic E-state index is 12.6. The van der Waals surface area contributed by atoms with Crippen LogP contribution in [0.15, 0.2) is 30.3 Å². The van der Waals surface area contributed by atoms with E-state index in [2.05, 4.69) is 28.6 Å². The number of nitrogens with one attached hydrogen (secondary N) is 3. The van der Waals surface area contributed by atoms with Crippen LogP contribution in [0.5, 0.6) is 0 Å². The van der Waals surface area contributed by atoms with Crippen molar-refractivity contribution in [1.29, 1.82) is 0 Å². The standard InChI is InChI=1S/C21H31N3O7S/c1-12(2)18(24-21(30)31-10-14-7-5-4-6-8-14)20(29)22-13(3)19(28)23-15(9-17(26)27)16(25)11-32/h4-8,12-13,15-16,18,25,32H,9-11H2,1-3H3,(H,22,29)(H,23,28)(H,24,30)(H,26,27)/t13-,15-,16+,18-/m0/s1. The van der Waals surface area contributed by atoms with Gasteiger partial charge >= 0.3 is 12.1 Å². The molecule has 10 nitrogen and oxygen atoms in total. The van der Waals surface area contributed by atoms with E-state index in [1.54, 1.807) is 26.0 Å². The van der Waals surface area contributed by atoms with Crippen LogP contribution in [0.1, 0.15) is 32.8 Å². The summed E-state index contributed by atoms with van der Waals surface area (Å²) in [5.41, 5.74) is 0.790. The molecular weight excluding hydrogens is 438 g/mol. The molecule has 0 saturated heterocycles. The second-order valence-corrected chi connectivity index (χ2v) is 7.99. The third-order valence-corrected chi connectivity index (χ3v) is 4.94. The van der Waals surface area contributed by atoms with Crippen molar-refractivity contribution < 1.29 is 34.1 Å². The van der Waals surface area contributed by atoms with Crippen molar-refractivity contribution in [3.63, 3.8) is 0 Å². The number of aliphatic carboxylic acids is 1. The molecular formula is C21H31N3O7S. The monoisotopic (exact) mass is 469 g/mol. The minimum Gasteiger partial charge on any atom is -0.481 e. The highest BCUT2D eigenvalue weighted by atomic mass is 32.1. The molecule has 0 unspecified atom stereocenters. The molecule has 0 fully saturated rings. The first kappa shape index (κ1) is 27.2. The van der Waals surface area contributed by atoms with E-state index in [1.807, 2.05) is 18.2 Å². The Balaban J connectivity index is 2.66. The summed E-state index contributed by atoms with van der Waals surface area (Å²) < 4.78 is 5.14. The number of hydrogen-bond acceptors (Lipinski definition) is 7. The number of carbonyl (C=O) groups excluding carboxylic acids is 3. The Bertz CT molecular complexity index is 776. The molecule has 1 aromatic rings. The summed E-state index contributed by atoms with van der Waals surface area (Å²) in [4.78, 5) is 48.1. The van der Waals surface area contributed by atoms with Gasteiger partial charge in [0.05, 0.1) is 18.6 Å². The first-order chi connectivity index (χ1) is 15.0. The van der Waals surface area contributed by atoms with Crippen LogP contribution < -0.4 is 16.0 Å². The van der Waals surface area contributed by atoms with E-state index in [-0.39, 0.29) is 18.3 Å². The zero-order chi connectivity index (χ0) is 24.3. The summed E-state index contributed by atoms with van der Waals surface area (Å²) in [6.45, 7) is 4.89. The fraction of sp³-hybridized carbons (Fsp3) is 0.524. The Kier molecular flexibility index (Phi) is 11.6. The Labute approximate surface area is 192 Å². The van der Waals surface area contributed by atoms with Gasteiger partial charge in [0.1, 0.15) is 18.7 Å². The molecule has 0 heterocycles. The molecule has 32 heavy (non-hydrogen) atoms. The van der Waals surface area contributed by atoms with Crippen LogP contribution in [-0.4, -0.2) is 64.1 Å². The summed E-state index contributed by atoms with van der Waals surface area (Å²) >= 11 is 3.91.